The van der Waals surface area contributed by atoms with Crippen LogP contribution < -0.4 is 4.72 Å². The summed E-state index contributed by atoms with van der Waals surface area (Å²) in [4.78, 5) is 0. The Morgan fingerprint density at radius 3 is 2.43 bits per heavy atom. The fourth-order valence-corrected chi connectivity index (χ4v) is 3.43. The molecule has 23 heavy (non-hydrogen) atoms. The summed E-state index contributed by atoms with van der Waals surface area (Å²) in [7, 11) is -4.12. The molecule has 0 saturated carbocycles. The third-order valence-corrected chi connectivity index (χ3v) is 4.39. The highest BCUT2D eigenvalue weighted by Crippen LogP contribution is 2.32. The smallest absolute Gasteiger partial charge is 0.416 e. The molecule has 0 aliphatic heterocycles. The van der Waals surface area contributed by atoms with Gasteiger partial charge in [-0.3, -0.25) is 0 Å². The quantitative estimate of drug-likeness (QED) is 0.840. The molecule has 1 atom stereocenters. The van der Waals surface area contributed by atoms with Crippen molar-refractivity contribution in [3.05, 3.63) is 59.5 Å². The van der Waals surface area contributed by atoms with Gasteiger partial charge in [-0.25, -0.2) is 13.1 Å². The summed E-state index contributed by atoms with van der Waals surface area (Å²) in [6.07, 6.45) is -3.35. The molecule has 0 radical (unpaired) electrons. The first-order valence-corrected chi connectivity index (χ1v) is 8.17. The van der Waals surface area contributed by atoms with Gasteiger partial charge in [0.15, 0.2) is 0 Å². The zero-order valence-electron chi connectivity index (χ0n) is 11.7. The van der Waals surface area contributed by atoms with Gasteiger partial charge in [0, 0.05) is 0 Å². The average Bonchev–Trinajstić information content (AvgIpc) is 2.98. The van der Waals surface area contributed by atoms with Crippen LogP contribution >= 0.6 is 0 Å². The Morgan fingerprint density at radius 1 is 1.17 bits per heavy atom. The highest BCUT2D eigenvalue weighted by atomic mass is 32.2. The predicted octanol–water partition coefficient (Wildman–Crippen LogP) is 2.45. The molecule has 0 amide bonds. The third-order valence-electron chi connectivity index (χ3n) is 3.06. The highest BCUT2D eigenvalue weighted by molar-refractivity contribution is 7.88. The Kier molecular flexibility index (Phi) is 5.12. The van der Waals surface area contributed by atoms with Crippen LogP contribution in [0.15, 0.2) is 47.1 Å². The van der Waals surface area contributed by atoms with Crippen molar-refractivity contribution in [3.8, 4) is 0 Å². The second-order valence-electron chi connectivity index (χ2n) is 4.78. The number of aliphatic hydroxyl groups excluding tert-OH is 1. The molecule has 0 aliphatic carbocycles. The van der Waals surface area contributed by atoms with E-state index in [1.165, 1.54) is 30.5 Å². The van der Waals surface area contributed by atoms with Crippen molar-refractivity contribution < 1.29 is 31.1 Å². The Balaban J connectivity index is 2.22. The van der Waals surface area contributed by atoms with Gasteiger partial charge in [0.1, 0.15) is 11.8 Å². The van der Waals surface area contributed by atoms with Gasteiger partial charge in [-0.15, -0.1) is 0 Å². The molecule has 1 aromatic heterocycles. The minimum atomic E-state index is -4.65. The molecule has 2 rings (SSSR count). The number of nitrogens with one attached hydrogen (secondary N) is 1. The van der Waals surface area contributed by atoms with Crippen molar-refractivity contribution in [1.82, 2.24) is 4.72 Å². The molecule has 1 aromatic carbocycles. The lowest BCUT2D eigenvalue weighted by atomic mass is 10.1. The summed E-state index contributed by atoms with van der Waals surface area (Å²) in [6, 6.07) is 6.33. The number of alkyl halides is 3. The monoisotopic (exact) mass is 349 g/mol. The van der Waals surface area contributed by atoms with Gasteiger partial charge in [0.05, 0.1) is 24.2 Å². The van der Waals surface area contributed by atoms with E-state index in [0.717, 1.165) is 12.1 Å². The largest absolute Gasteiger partial charge is 0.468 e. The Hall–Kier alpha value is -1.84. The lowest BCUT2D eigenvalue weighted by molar-refractivity contribution is -0.138. The van der Waals surface area contributed by atoms with Crippen LogP contribution in [-0.2, 0) is 22.0 Å². The van der Waals surface area contributed by atoms with Crippen molar-refractivity contribution in [1.29, 1.82) is 0 Å². The second kappa shape index (κ2) is 6.73. The van der Waals surface area contributed by atoms with Gasteiger partial charge in [-0.1, -0.05) is 18.2 Å². The van der Waals surface area contributed by atoms with Crippen LogP contribution in [0.2, 0.25) is 0 Å². The second-order valence-corrected chi connectivity index (χ2v) is 6.54. The van der Waals surface area contributed by atoms with E-state index < -0.39 is 40.2 Å². The average molecular weight is 349 g/mol. The van der Waals surface area contributed by atoms with Crippen LogP contribution in [0.1, 0.15) is 22.9 Å². The summed E-state index contributed by atoms with van der Waals surface area (Å²) < 4.78 is 70.1. The molecule has 9 heteroatoms. The minimum Gasteiger partial charge on any atom is -0.468 e. The number of hydrogen-bond acceptors (Lipinski definition) is 4. The lowest BCUT2D eigenvalue weighted by Crippen LogP contribution is -2.32. The van der Waals surface area contributed by atoms with E-state index in [0.29, 0.717) is 0 Å². The number of furan rings is 1. The van der Waals surface area contributed by atoms with E-state index in [9.17, 15) is 26.7 Å². The van der Waals surface area contributed by atoms with Gasteiger partial charge < -0.3 is 9.52 Å². The molecular formula is C14H14F3NO4S. The van der Waals surface area contributed by atoms with Crippen LogP contribution in [0.3, 0.4) is 0 Å². The van der Waals surface area contributed by atoms with E-state index in [2.05, 4.69) is 4.72 Å². The lowest BCUT2D eigenvalue weighted by Gasteiger charge is -2.16. The molecule has 0 bridgehead atoms. The zero-order chi connectivity index (χ0) is 17.1. The zero-order valence-corrected chi connectivity index (χ0v) is 12.6. The fourth-order valence-electron chi connectivity index (χ4n) is 2.06. The van der Waals surface area contributed by atoms with E-state index in [-0.39, 0.29) is 11.3 Å². The van der Waals surface area contributed by atoms with E-state index >= 15 is 0 Å². The fraction of sp³-hybridized carbons (Fsp3) is 0.286. The van der Waals surface area contributed by atoms with Crippen LogP contribution in [0.4, 0.5) is 13.2 Å². The molecule has 0 aliphatic rings. The highest BCUT2D eigenvalue weighted by Gasteiger charge is 2.34. The van der Waals surface area contributed by atoms with Crippen molar-refractivity contribution >= 4 is 10.0 Å². The maximum atomic E-state index is 12.9. The summed E-state index contributed by atoms with van der Waals surface area (Å²) in [5.74, 6) is -0.694. The first-order chi connectivity index (χ1) is 10.7. The van der Waals surface area contributed by atoms with Crippen molar-refractivity contribution in [2.24, 2.45) is 0 Å². The maximum absolute atomic E-state index is 12.9. The van der Waals surface area contributed by atoms with Crippen molar-refractivity contribution in [2.45, 2.75) is 18.0 Å². The summed E-state index contributed by atoms with van der Waals surface area (Å²) in [6.45, 7) is -0.590. The number of halogens is 3. The van der Waals surface area contributed by atoms with Gasteiger partial charge in [0.2, 0.25) is 10.0 Å². The summed E-state index contributed by atoms with van der Waals surface area (Å²) in [5.41, 5.74) is -1.38. The normalized spacial score (nSPS) is 13.9. The summed E-state index contributed by atoms with van der Waals surface area (Å²) >= 11 is 0. The van der Waals surface area contributed by atoms with Crippen LogP contribution in [-0.4, -0.2) is 20.1 Å². The summed E-state index contributed by atoms with van der Waals surface area (Å²) in [5, 5.41) is 9.24. The molecule has 0 saturated heterocycles. The molecule has 0 spiro atoms. The topological polar surface area (TPSA) is 79.5 Å². The van der Waals surface area contributed by atoms with E-state index in [1.807, 2.05) is 0 Å². The van der Waals surface area contributed by atoms with Crippen LogP contribution in [0.5, 0.6) is 0 Å². The number of sulfonamides is 1. The van der Waals surface area contributed by atoms with Gasteiger partial charge in [0.25, 0.3) is 0 Å². The number of rotatable bonds is 6. The van der Waals surface area contributed by atoms with Crippen LogP contribution in [0, 0.1) is 0 Å². The number of aliphatic hydroxyl groups is 1. The minimum absolute atomic E-state index is 0.167. The SMILES string of the molecule is O=S(=O)(Cc1ccccc1C(F)(F)F)NC(CO)c1ccco1. The molecular weight excluding hydrogens is 335 g/mol. The number of hydrogen-bond donors (Lipinski definition) is 2. The van der Waals surface area contributed by atoms with E-state index in [4.69, 9.17) is 4.42 Å². The standard InChI is InChI=1S/C14H14F3NO4S/c15-14(16,17)11-5-2-1-4-10(11)9-23(20,21)18-12(8-19)13-6-3-7-22-13/h1-7,12,18-19H,8-9H2. The Labute approximate surface area is 130 Å². The Bertz CT molecular complexity index is 742. The first-order valence-electron chi connectivity index (χ1n) is 6.52. The maximum Gasteiger partial charge on any atom is 0.416 e. The molecule has 126 valence electrons. The molecule has 2 N–H and O–H groups in total. The predicted molar refractivity (Wildman–Crippen MR) is 75.7 cm³/mol. The van der Waals surface area contributed by atoms with E-state index in [1.54, 1.807) is 0 Å². The first kappa shape index (κ1) is 17.5. The van der Waals surface area contributed by atoms with Gasteiger partial charge in [-0.2, -0.15) is 13.2 Å². The molecule has 1 heterocycles. The third kappa shape index (κ3) is 4.57. The Morgan fingerprint density at radius 2 is 1.87 bits per heavy atom. The molecule has 5 nitrogen and oxygen atoms in total. The molecule has 1 unspecified atom stereocenters. The molecule has 0 fully saturated rings. The van der Waals surface area contributed by atoms with Gasteiger partial charge in [-0.05, 0) is 23.8 Å². The van der Waals surface area contributed by atoms with Crippen LogP contribution in [0.25, 0.3) is 0 Å². The number of benzene rings is 1. The van der Waals surface area contributed by atoms with Crippen molar-refractivity contribution in [2.75, 3.05) is 6.61 Å². The molecule has 2 aromatic rings. The van der Waals surface area contributed by atoms with Crippen molar-refractivity contribution in [3.63, 3.8) is 0 Å². The van der Waals surface area contributed by atoms with Gasteiger partial charge >= 0.3 is 6.18 Å².